The van der Waals surface area contributed by atoms with Gasteiger partial charge in [-0.25, -0.2) is 0 Å². The molecule has 1 fully saturated rings. The number of aliphatic hydroxyl groups excluding tert-OH is 1. The van der Waals surface area contributed by atoms with E-state index in [-0.39, 0.29) is 6.61 Å². The Balaban J connectivity index is 1.62. The van der Waals surface area contributed by atoms with Crippen LogP contribution in [-0.4, -0.2) is 42.4 Å². The first kappa shape index (κ1) is 13.9. The zero-order valence-electron chi connectivity index (χ0n) is 12.2. The highest BCUT2D eigenvalue weighted by molar-refractivity contribution is 5.37. The average molecular weight is 275 g/mol. The van der Waals surface area contributed by atoms with Gasteiger partial charge in [0.2, 0.25) is 0 Å². The summed E-state index contributed by atoms with van der Waals surface area (Å²) in [5.74, 6) is 0.953. The highest BCUT2D eigenvalue weighted by Crippen LogP contribution is 2.28. The number of rotatable bonds is 5. The van der Waals surface area contributed by atoms with E-state index in [1.54, 1.807) is 0 Å². The van der Waals surface area contributed by atoms with Crippen molar-refractivity contribution in [3.63, 3.8) is 0 Å². The average Bonchev–Trinajstić information content (AvgIpc) is 2.60. The molecule has 20 heavy (non-hydrogen) atoms. The van der Waals surface area contributed by atoms with Crippen LogP contribution in [0.4, 0.5) is 0 Å². The van der Waals surface area contributed by atoms with Crippen LogP contribution in [0, 0.1) is 0 Å². The Bertz CT molecular complexity index is 443. The van der Waals surface area contributed by atoms with Crippen molar-refractivity contribution < 1.29 is 9.84 Å². The summed E-state index contributed by atoms with van der Waals surface area (Å²) < 4.78 is 5.69. The second-order valence-electron chi connectivity index (χ2n) is 5.98. The Kier molecular flexibility index (Phi) is 4.58. The molecule has 1 heterocycles. The van der Waals surface area contributed by atoms with Crippen LogP contribution in [0.2, 0.25) is 0 Å². The van der Waals surface area contributed by atoms with Crippen molar-refractivity contribution in [2.45, 2.75) is 44.6 Å². The number of nitrogens with zero attached hydrogens (tertiary/aromatic N) is 1. The third-order valence-corrected chi connectivity index (χ3v) is 4.68. The van der Waals surface area contributed by atoms with E-state index >= 15 is 0 Å². The Morgan fingerprint density at radius 1 is 1.15 bits per heavy atom. The number of fused-ring (bicyclic) bond motifs is 1. The molecule has 1 N–H and O–H groups in total. The molecule has 0 spiro atoms. The lowest BCUT2D eigenvalue weighted by molar-refractivity contribution is 0.133. The van der Waals surface area contributed by atoms with Crippen molar-refractivity contribution in [2.24, 2.45) is 0 Å². The van der Waals surface area contributed by atoms with E-state index in [0.29, 0.717) is 13.0 Å². The molecule has 0 unspecified atom stereocenters. The smallest absolute Gasteiger partial charge is 0.119 e. The van der Waals surface area contributed by atoms with Gasteiger partial charge < -0.3 is 9.84 Å². The van der Waals surface area contributed by atoms with Gasteiger partial charge in [-0.1, -0.05) is 12.5 Å². The molecule has 0 atom stereocenters. The van der Waals surface area contributed by atoms with Gasteiger partial charge in [0, 0.05) is 32.2 Å². The molecular formula is C17H25NO2. The van der Waals surface area contributed by atoms with E-state index in [1.807, 2.05) is 0 Å². The number of ether oxygens (including phenoxy) is 1. The molecule has 110 valence electrons. The summed E-state index contributed by atoms with van der Waals surface area (Å²) in [5.41, 5.74) is 2.94. The highest BCUT2D eigenvalue weighted by atomic mass is 16.5. The highest BCUT2D eigenvalue weighted by Gasteiger charge is 2.26. The second-order valence-corrected chi connectivity index (χ2v) is 5.98. The molecule has 0 bridgehead atoms. The second kappa shape index (κ2) is 6.59. The molecule has 0 saturated heterocycles. The number of hydrogen-bond donors (Lipinski definition) is 1. The van der Waals surface area contributed by atoms with Crippen molar-refractivity contribution in [1.82, 2.24) is 4.90 Å². The van der Waals surface area contributed by atoms with Gasteiger partial charge in [-0.3, -0.25) is 4.90 Å². The summed E-state index contributed by atoms with van der Waals surface area (Å²) in [6.07, 6.45) is 7.22. The van der Waals surface area contributed by atoms with Crippen LogP contribution in [-0.2, 0) is 12.8 Å². The maximum atomic E-state index is 8.80. The summed E-state index contributed by atoms with van der Waals surface area (Å²) in [5, 5.41) is 8.80. The fraction of sp³-hybridized carbons (Fsp3) is 0.647. The lowest BCUT2D eigenvalue weighted by Crippen LogP contribution is -2.41. The third-order valence-electron chi connectivity index (χ3n) is 4.68. The maximum absolute atomic E-state index is 8.80. The fourth-order valence-corrected chi connectivity index (χ4v) is 3.18. The van der Waals surface area contributed by atoms with Gasteiger partial charge in [0.1, 0.15) is 5.75 Å². The first-order valence-corrected chi connectivity index (χ1v) is 7.96. The van der Waals surface area contributed by atoms with Gasteiger partial charge in [-0.05, 0) is 48.9 Å². The minimum atomic E-state index is 0.196. The van der Waals surface area contributed by atoms with Crippen LogP contribution in [0.25, 0.3) is 0 Å². The lowest BCUT2D eigenvalue weighted by Gasteiger charge is -2.36. The number of hydrogen-bond acceptors (Lipinski definition) is 3. The number of benzene rings is 1. The van der Waals surface area contributed by atoms with E-state index < -0.39 is 0 Å². The van der Waals surface area contributed by atoms with E-state index in [0.717, 1.165) is 18.2 Å². The molecule has 0 amide bonds. The molecule has 3 heteroatoms. The largest absolute Gasteiger partial charge is 0.493 e. The summed E-state index contributed by atoms with van der Waals surface area (Å²) in [6, 6.07) is 7.37. The lowest BCUT2D eigenvalue weighted by atomic mass is 9.91. The number of aliphatic hydroxyl groups is 1. The van der Waals surface area contributed by atoms with Crippen LogP contribution in [0.15, 0.2) is 18.2 Å². The van der Waals surface area contributed by atoms with Crippen LogP contribution >= 0.6 is 0 Å². The van der Waals surface area contributed by atoms with E-state index in [9.17, 15) is 0 Å². The summed E-state index contributed by atoms with van der Waals surface area (Å²) in [6.45, 7) is 3.20. The van der Waals surface area contributed by atoms with Gasteiger partial charge in [0.15, 0.2) is 0 Å². The SMILES string of the molecule is OCCCOc1ccc2c(c1)CCN(C1CCC1)CC2. The van der Waals surface area contributed by atoms with E-state index in [4.69, 9.17) is 9.84 Å². The van der Waals surface area contributed by atoms with Crippen LogP contribution in [0.3, 0.4) is 0 Å². The molecule has 1 aliphatic carbocycles. The quantitative estimate of drug-likeness (QED) is 0.838. The van der Waals surface area contributed by atoms with Gasteiger partial charge in [0.25, 0.3) is 0 Å². The zero-order chi connectivity index (χ0) is 13.8. The van der Waals surface area contributed by atoms with Crippen molar-refractivity contribution >= 4 is 0 Å². The predicted octanol–water partition coefficient (Wildman–Crippen LogP) is 2.40. The van der Waals surface area contributed by atoms with Crippen LogP contribution in [0.1, 0.15) is 36.8 Å². The van der Waals surface area contributed by atoms with Gasteiger partial charge in [-0.15, -0.1) is 0 Å². The minimum Gasteiger partial charge on any atom is -0.493 e. The van der Waals surface area contributed by atoms with Crippen LogP contribution < -0.4 is 4.74 Å². The van der Waals surface area contributed by atoms with Gasteiger partial charge >= 0.3 is 0 Å². The Morgan fingerprint density at radius 3 is 2.65 bits per heavy atom. The molecule has 1 saturated carbocycles. The Morgan fingerprint density at radius 2 is 1.95 bits per heavy atom. The molecule has 3 rings (SSSR count). The van der Waals surface area contributed by atoms with Gasteiger partial charge in [0.05, 0.1) is 6.61 Å². The molecule has 3 nitrogen and oxygen atoms in total. The van der Waals surface area contributed by atoms with E-state index in [1.165, 1.54) is 49.9 Å². The first-order chi connectivity index (χ1) is 9.86. The normalized spacial score (nSPS) is 20.1. The molecule has 1 aromatic rings. The van der Waals surface area contributed by atoms with Crippen molar-refractivity contribution in [3.8, 4) is 5.75 Å². The first-order valence-electron chi connectivity index (χ1n) is 7.96. The minimum absolute atomic E-state index is 0.196. The van der Waals surface area contributed by atoms with Crippen molar-refractivity contribution in [2.75, 3.05) is 26.3 Å². The predicted molar refractivity (Wildman–Crippen MR) is 80.3 cm³/mol. The molecule has 0 radical (unpaired) electrons. The Labute approximate surface area is 121 Å². The Hall–Kier alpha value is -1.06. The van der Waals surface area contributed by atoms with Crippen molar-refractivity contribution in [3.05, 3.63) is 29.3 Å². The molecule has 1 aromatic carbocycles. The zero-order valence-corrected chi connectivity index (χ0v) is 12.2. The standard InChI is InChI=1S/C17H25NO2/c19-11-2-12-20-17-6-5-14-7-9-18(16-3-1-4-16)10-8-15(14)13-17/h5-6,13,16,19H,1-4,7-12H2. The fourth-order valence-electron chi connectivity index (χ4n) is 3.18. The summed E-state index contributed by atoms with van der Waals surface area (Å²) >= 11 is 0. The topological polar surface area (TPSA) is 32.7 Å². The third kappa shape index (κ3) is 3.15. The van der Waals surface area contributed by atoms with Crippen molar-refractivity contribution in [1.29, 1.82) is 0 Å². The monoisotopic (exact) mass is 275 g/mol. The van der Waals surface area contributed by atoms with Gasteiger partial charge in [-0.2, -0.15) is 0 Å². The molecule has 0 aromatic heterocycles. The molecule has 2 aliphatic rings. The summed E-state index contributed by atoms with van der Waals surface area (Å²) in [7, 11) is 0. The maximum Gasteiger partial charge on any atom is 0.119 e. The summed E-state index contributed by atoms with van der Waals surface area (Å²) in [4.78, 5) is 2.68. The van der Waals surface area contributed by atoms with E-state index in [2.05, 4.69) is 23.1 Å². The molecule has 1 aliphatic heterocycles. The van der Waals surface area contributed by atoms with Crippen LogP contribution in [0.5, 0.6) is 5.75 Å². The molecular weight excluding hydrogens is 250 g/mol.